The summed E-state index contributed by atoms with van der Waals surface area (Å²) in [6.45, 7) is 1.64. The van der Waals surface area contributed by atoms with E-state index in [1.807, 2.05) is 6.07 Å². The lowest BCUT2D eigenvalue weighted by atomic mass is 10.0. The molecule has 0 unspecified atom stereocenters. The molecular formula is C24H25ClO6S. The summed E-state index contributed by atoms with van der Waals surface area (Å²) in [4.78, 5) is 36.7. The number of allylic oxidation sites excluding steroid dienone is 1. The average Bonchev–Trinajstić information content (AvgIpc) is 3.37. The third-order valence-electron chi connectivity index (χ3n) is 5.12. The number of Topliss-reactive ketones (excluding diaryl/α,β-unsaturated/α-hetero) is 1. The zero-order chi connectivity index (χ0) is 23.1. The van der Waals surface area contributed by atoms with Crippen molar-refractivity contribution in [2.45, 2.75) is 45.6 Å². The lowest BCUT2D eigenvalue weighted by Crippen LogP contribution is -2.09. The minimum absolute atomic E-state index is 0.111. The van der Waals surface area contributed by atoms with Gasteiger partial charge in [0.2, 0.25) is 0 Å². The number of hydrogen-bond acceptors (Lipinski definition) is 7. The standard InChI is InChI=1S/C24H25ClO6S/c1-15(26)30-13-16-10-18(25)12-19(11-16)31-14-21-17(6-8-22(21)27)4-3-5-20-7-9-23(32-20)24(28)29-2/h7,9-12H,3-6,8,13-14H2,1-2H3. The Morgan fingerprint density at radius 1 is 1.09 bits per heavy atom. The van der Waals surface area contributed by atoms with Crippen molar-refractivity contribution in [1.82, 2.24) is 0 Å². The number of carbonyl (C=O) groups is 3. The number of aryl methyl sites for hydroxylation is 1. The highest BCUT2D eigenvalue weighted by molar-refractivity contribution is 7.13. The van der Waals surface area contributed by atoms with Gasteiger partial charge in [0.25, 0.3) is 0 Å². The molecule has 8 heteroatoms. The molecule has 0 N–H and O–H groups in total. The molecule has 0 amide bonds. The van der Waals surface area contributed by atoms with E-state index in [9.17, 15) is 14.4 Å². The maximum Gasteiger partial charge on any atom is 0.348 e. The number of rotatable bonds is 10. The Kier molecular flexibility index (Phi) is 8.47. The fraction of sp³-hybridized carbons (Fsp3) is 0.375. The van der Waals surface area contributed by atoms with Gasteiger partial charge in [0.05, 0.1) is 7.11 Å². The molecule has 1 aliphatic carbocycles. The summed E-state index contributed by atoms with van der Waals surface area (Å²) in [5.41, 5.74) is 2.58. The van der Waals surface area contributed by atoms with Gasteiger partial charge in [-0.1, -0.05) is 17.2 Å². The van der Waals surface area contributed by atoms with Crippen LogP contribution in [0.25, 0.3) is 0 Å². The van der Waals surface area contributed by atoms with Crippen molar-refractivity contribution < 1.29 is 28.6 Å². The van der Waals surface area contributed by atoms with Crippen molar-refractivity contribution in [3.8, 4) is 5.75 Å². The minimum Gasteiger partial charge on any atom is -0.489 e. The Morgan fingerprint density at radius 3 is 2.66 bits per heavy atom. The van der Waals surface area contributed by atoms with Crippen LogP contribution in [-0.2, 0) is 32.1 Å². The van der Waals surface area contributed by atoms with Crippen LogP contribution in [0.5, 0.6) is 5.75 Å². The largest absolute Gasteiger partial charge is 0.489 e. The molecule has 3 rings (SSSR count). The highest BCUT2D eigenvalue weighted by atomic mass is 35.5. The van der Waals surface area contributed by atoms with E-state index in [0.29, 0.717) is 22.1 Å². The first-order chi connectivity index (χ1) is 15.4. The van der Waals surface area contributed by atoms with Gasteiger partial charge in [-0.2, -0.15) is 0 Å². The predicted molar refractivity (Wildman–Crippen MR) is 122 cm³/mol. The van der Waals surface area contributed by atoms with E-state index in [0.717, 1.165) is 47.3 Å². The summed E-state index contributed by atoms with van der Waals surface area (Å²) in [6, 6.07) is 8.86. The third kappa shape index (κ3) is 6.68. The quantitative estimate of drug-likeness (QED) is 0.432. The first kappa shape index (κ1) is 24.0. The zero-order valence-electron chi connectivity index (χ0n) is 18.1. The van der Waals surface area contributed by atoms with Crippen molar-refractivity contribution in [2.75, 3.05) is 13.7 Å². The van der Waals surface area contributed by atoms with Crippen LogP contribution in [-0.4, -0.2) is 31.4 Å². The molecule has 0 bridgehead atoms. The lowest BCUT2D eigenvalue weighted by molar-refractivity contribution is -0.142. The SMILES string of the molecule is COC(=O)c1ccc(CCCC2=C(COc3cc(Cl)cc(COC(C)=O)c3)C(=O)CC2)s1. The van der Waals surface area contributed by atoms with E-state index in [2.05, 4.69) is 0 Å². The molecule has 0 saturated heterocycles. The van der Waals surface area contributed by atoms with Crippen LogP contribution in [0.1, 0.15) is 52.7 Å². The van der Waals surface area contributed by atoms with Crippen LogP contribution in [0.3, 0.4) is 0 Å². The van der Waals surface area contributed by atoms with Gasteiger partial charge in [-0.15, -0.1) is 11.3 Å². The molecular weight excluding hydrogens is 452 g/mol. The van der Waals surface area contributed by atoms with Gasteiger partial charge in [0.15, 0.2) is 5.78 Å². The number of methoxy groups -OCH3 is 1. The van der Waals surface area contributed by atoms with E-state index in [4.69, 9.17) is 25.8 Å². The Morgan fingerprint density at radius 2 is 1.91 bits per heavy atom. The maximum atomic E-state index is 12.4. The highest BCUT2D eigenvalue weighted by Gasteiger charge is 2.23. The van der Waals surface area contributed by atoms with Gasteiger partial charge >= 0.3 is 11.9 Å². The summed E-state index contributed by atoms with van der Waals surface area (Å²) in [5.74, 6) is -0.0453. The number of esters is 2. The Labute approximate surface area is 196 Å². The monoisotopic (exact) mass is 476 g/mol. The van der Waals surface area contributed by atoms with Gasteiger partial charge in [-0.05, 0) is 61.6 Å². The van der Waals surface area contributed by atoms with Crippen LogP contribution in [0.2, 0.25) is 5.02 Å². The Balaban J connectivity index is 1.58. The van der Waals surface area contributed by atoms with Crippen molar-refractivity contribution in [3.05, 3.63) is 61.8 Å². The summed E-state index contributed by atoms with van der Waals surface area (Å²) < 4.78 is 15.6. The van der Waals surface area contributed by atoms with Crippen LogP contribution in [0.4, 0.5) is 0 Å². The summed E-state index contributed by atoms with van der Waals surface area (Å²) in [5, 5.41) is 0.471. The van der Waals surface area contributed by atoms with Crippen LogP contribution < -0.4 is 4.74 Å². The molecule has 1 aromatic heterocycles. The number of carbonyl (C=O) groups excluding carboxylic acids is 3. The van der Waals surface area contributed by atoms with Gasteiger partial charge in [-0.3, -0.25) is 9.59 Å². The number of ketones is 1. The Hall–Kier alpha value is -2.64. The van der Waals surface area contributed by atoms with E-state index in [1.165, 1.54) is 25.4 Å². The molecule has 6 nitrogen and oxygen atoms in total. The van der Waals surface area contributed by atoms with E-state index < -0.39 is 0 Å². The molecule has 1 aromatic carbocycles. The topological polar surface area (TPSA) is 78.9 Å². The molecule has 1 aliphatic rings. The summed E-state index contributed by atoms with van der Waals surface area (Å²) >= 11 is 7.59. The first-order valence-corrected chi connectivity index (χ1v) is 11.5. The molecule has 0 radical (unpaired) electrons. The fourth-order valence-electron chi connectivity index (χ4n) is 3.55. The Bertz CT molecular complexity index is 1040. The molecule has 2 aromatic rings. The highest BCUT2D eigenvalue weighted by Crippen LogP contribution is 2.30. The number of hydrogen-bond donors (Lipinski definition) is 0. The molecule has 0 spiro atoms. The average molecular weight is 477 g/mol. The third-order valence-corrected chi connectivity index (χ3v) is 6.47. The van der Waals surface area contributed by atoms with E-state index in [1.54, 1.807) is 24.3 Å². The number of halogens is 1. The van der Waals surface area contributed by atoms with Crippen molar-refractivity contribution >= 4 is 40.7 Å². The molecule has 170 valence electrons. The van der Waals surface area contributed by atoms with Crippen LogP contribution in [0.15, 0.2) is 41.5 Å². The number of benzene rings is 1. The first-order valence-electron chi connectivity index (χ1n) is 10.3. The predicted octanol–water partition coefficient (Wildman–Crippen LogP) is 5.31. The molecule has 1 heterocycles. The van der Waals surface area contributed by atoms with Gasteiger partial charge < -0.3 is 14.2 Å². The van der Waals surface area contributed by atoms with E-state index >= 15 is 0 Å². The maximum absolute atomic E-state index is 12.4. The molecule has 0 atom stereocenters. The van der Waals surface area contributed by atoms with Crippen molar-refractivity contribution in [1.29, 1.82) is 0 Å². The molecule has 0 saturated carbocycles. The second-order valence-electron chi connectivity index (χ2n) is 7.48. The van der Waals surface area contributed by atoms with Crippen LogP contribution >= 0.6 is 22.9 Å². The van der Waals surface area contributed by atoms with Crippen molar-refractivity contribution in [2.24, 2.45) is 0 Å². The van der Waals surface area contributed by atoms with Crippen LogP contribution in [0, 0.1) is 0 Å². The summed E-state index contributed by atoms with van der Waals surface area (Å²) in [7, 11) is 1.37. The molecule has 0 fully saturated rings. The summed E-state index contributed by atoms with van der Waals surface area (Å²) in [6.07, 6.45) is 3.79. The molecule has 32 heavy (non-hydrogen) atoms. The normalized spacial score (nSPS) is 13.4. The lowest BCUT2D eigenvalue weighted by Gasteiger charge is -2.11. The van der Waals surface area contributed by atoms with E-state index in [-0.39, 0.29) is 30.9 Å². The van der Waals surface area contributed by atoms with Gasteiger partial charge in [0, 0.05) is 28.8 Å². The molecule has 0 aliphatic heterocycles. The minimum atomic E-state index is -0.372. The second-order valence-corrected chi connectivity index (χ2v) is 9.09. The number of ether oxygens (including phenoxy) is 3. The smallest absolute Gasteiger partial charge is 0.348 e. The van der Waals surface area contributed by atoms with Crippen molar-refractivity contribution in [3.63, 3.8) is 0 Å². The fourth-order valence-corrected chi connectivity index (χ4v) is 4.76. The zero-order valence-corrected chi connectivity index (χ0v) is 19.6. The van der Waals surface area contributed by atoms with Gasteiger partial charge in [-0.25, -0.2) is 4.79 Å². The van der Waals surface area contributed by atoms with Gasteiger partial charge in [0.1, 0.15) is 23.8 Å². The second kappa shape index (κ2) is 11.3. The number of thiophene rings is 1.